The van der Waals surface area contributed by atoms with Crippen LogP contribution in [-0.2, 0) is 0 Å². The summed E-state index contributed by atoms with van der Waals surface area (Å²) in [7, 11) is 0. The number of rotatable bonds is 4. The molecule has 2 saturated heterocycles. The Balaban J connectivity index is 2.10. The van der Waals surface area contributed by atoms with Crippen LogP contribution in [0.5, 0.6) is 0 Å². The molecule has 0 aromatic carbocycles. The molecular formula is C13H26N2O. The SMILES string of the molecule is CCCC(CN)C1(O)CCN2CCCCC21. The molecule has 2 aliphatic heterocycles. The van der Waals surface area contributed by atoms with Crippen molar-refractivity contribution in [2.45, 2.75) is 57.1 Å². The van der Waals surface area contributed by atoms with Gasteiger partial charge in [0.1, 0.15) is 0 Å². The van der Waals surface area contributed by atoms with E-state index in [4.69, 9.17) is 5.73 Å². The molecule has 16 heavy (non-hydrogen) atoms. The molecule has 94 valence electrons. The molecule has 2 rings (SSSR count). The molecule has 3 N–H and O–H groups in total. The summed E-state index contributed by atoms with van der Waals surface area (Å²) in [5.41, 5.74) is 5.37. The molecule has 2 heterocycles. The minimum absolute atomic E-state index is 0.297. The van der Waals surface area contributed by atoms with E-state index < -0.39 is 5.60 Å². The van der Waals surface area contributed by atoms with Crippen molar-refractivity contribution in [2.75, 3.05) is 19.6 Å². The first-order valence-corrected chi connectivity index (χ1v) is 6.89. The Bertz CT molecular complexity index is 234. The zero-order valence-electron chi connectivity index (χ0n) is 10.5. The van der Waals surface area contributed by atoms with Gasteiger partial charge < -0.3 is 10.8 Å². The molecule has 0 spiro atoms. The fourth-order valence-corrected chi connectivity index (χ4v) is 3.71. The maximum absolute atomic E-state index is 11.0. The summed E-state index contributed by atoms with van der Waals surface area (Å²) in [5.74, 6) is 0.297. The number of aliphatic hydroxyl groups is 1. The fraction of sp³-hybridized carbons (Fsp3) is 1.00. The second-order valence-corrected chi connectivity index (χ2v) is 5.51. The molecule has 2 aliphatic rings. The smallest absolute Gasteiger partial charge is 0.0854 e. The van der Waals surface area contributed by atoms with E-state index in [1.807, 2.05) is 0 Å². The van der Waals surface area contributed by atoms with Crippen LogP contribution in [0.3, 0.4) is 0 Å². The molecule has 2 fully saturated rings. The Morgan fingerprint density at radius 3 is 2.94 bits per heavy atom. The van der Waals surface area contributed by atoms with E-state index in [2.05, 4.69) is 11.8 Å². The van der Waals surface area contributed by atoms with Crippen LogP contribution >= 0.6 is 0 Å². The number of piperidine rings is 1. The van der Waals surface area contributed by atoms with Gasteiger partial charge >= 0.3 is 0 Å². The highest BCUT2D eigenvalue weighted by molar-refractivity contribution is 5.04. The normalized spacial score (nSPS) is 37.3. The van der Waals surface area contributed by atoms with Gasteiger partial charge in [-0.25, -0.2) is 0 Å². The van der Waals surface area contributed by atoms with Gasteiger partial charge in [0, 0.05) is 18.5 Å². The largest absolute Gasteiger partial charge is 0.388 e. The summed E-state index contributed by atoms with van der Waals surface area (Å²) in [5, 5.41) is 11.0. The Morgan fingerprint density at radius 1 is 1.44 bits per heavy atom. The standard InChI is InChI=1S/C13H26N2O/c1-2-5-11(10-14)13(16)7-9-15-8-4-3-6-12(13)15/h11-12,16H,2-10,14H2,1H3. The second-order valence-electron chi connectivity index (χ2n) is 5.51. The van der Waals surface area contributed by atoms with Crippen molar-refractivity contribution in [3.63, 3.8) is 0 Å². The lowest BCUT2D eigenvalue weighted by Gasteiger charge is -2.41. The van der Waals surface area contributed by atoms with E-state index in [1.54, 1.807) is 0 Å². The minimum atomic E-state index is -0.495. The zero-order valence-corrected chi connectivity index (χ0v) is 10.5. The second kappa shape index (κ2) is 5.03. The van der Waals surface area contributed by atoms with Gasteiger partial charge in [0.2, 0.25) is 0 Å². The van der Waals surface area contributed by atoms with Crippen molar-refractivity contribution in [3.8, 4) is 0 Å². The molecule has 0 radical (unpaired) electrons. The highest BCUT2D eigenvalue weighted by Crippen LogP contribution is 2.41. The minimum Gasteiger partial charge on any atom is -0.388 e. The third kappa shape index (κ3) is 2.01. The van der Waals surface area contributed by atoms with Crippen LogP contribution in [-0.4, -0.2) is 41.3 Å². The lowest BCUT2D eigenvalue weighted by molar-refractivity contribution is -0.0564. The van der Waals surface area contributed by atoms with Crippen molar-refractivity contribution < 1.29 is 5.11 Å². The van der Waals surface area contributed by atoms with Gasteiger partial charge in [-0.1, -0.05) is 19.8 Å². The van der Waals surface area contributed by atoms with Crippen molar-refractivity contribution >= 4 is 0 Å². The Kier molecular flexibility index (Phi) is 3.88. The van der Waals surface area contributed by atoms with E-state index in [0.717, 1.165) is 32.2 Å². The van der Waals surface area contributed by atoms with Gasteiger partial charge in [0.25, 0.3) is 0 Å². The lowest BCUT2D eigenvalue weighted by atomic mass is 9.76. The highest BCUT2D eigenvalue weighted by Gasteiger charge is 2.50. The van der Waals surface area contributed by atoms with Gasteiger partial charge in [-0.15, -0.1) is 0 Å². The van der Waals surface area contributed by atoms with Crippen molar-refractivity contribution in [1.82, 2.24) is 4.90 Å². The van der Waals surface area contributed by atoms with Crippen molar-refractivity contribution in [3.05, 3.63) is 0 Å². The molecular weight excluding hydrogens is 200 g/mol. The summed E-state index contributed by atoms with van der Waals surface area (Å²) < 4.78 is 0. The summed E-state index contributed by atoms with van der Waals surface area (Å²) in [6.45, 7) is 5.06. The van der Waals surface area contributed by atoms with Gasteiger partial charge in [-0.3, -0.25) is 4.90 Å². The van der Waals surface area contributed by atoms with E-state index in [-0.39, 0.29) is 0 Å². The first-order valence-electron chi connectivity index (χ1n) is 6.89. The molecule has 3 atom stereocenters. The van der Waals surface area contributed by atoms with Crippen LogP contribution in [0.25, 0.3) is 0 Å². The molecule has 0 saturated carbocycles. The predicted octanol–water partition coefficient (Wildman–Crippen LogP) is 1.35. The molecule has 0 aromatic rings. The third-order valence-electron chi connectivity index (χ3n) is 4.62. The zero-order chi connectivity index (χ0) is 11.6. The summed E-state index contributed by atoms with van der Waals surface area (Å²) in [6.07, 6.45) is 6.85. The lowest BCUT2D eigenvalue weighted by Crippen LogP contribution is -2.53. The van der Waals surface area contributed by atoms with Gasteiger partial charge in [-0.05, 0) is 38.8 Å². The average Bonchev–Trinajstić information content (AvgIpc) is 2.66. The molecule has 3 heteroatoms. The van der Waals surface area contributed by atoms with Crippen LogP contribution in [0.1, 0.15) is 45.4 Å². The summed E-state index contributed by atoms with van der Waals surface area (Å²) in [6, 6.07) is 0.390. The molecule has 0 amide bonds. The third-order valence-corrected chi connectivity index (χ3v) is 4.62. The highest BCUT2D eigenvalue weighted by atomic mass is 16.3. The number of hydrogen-bond acceptors (Lipinski definition) is 3. The number of nitrogens with zero attached hydrogens (tertiary/aromatic N) is 1. The van der Waals surface area contributed by atoms with E-state index in [0.29, 0.717) is 18.5 Å². The Morgan fingerprint density at radius 2 is 2.25 bits per heavy atom. The van der Waals surface area contributed by atoms with Crippen LogP contribution in [0.15, 0.2) is 0 Å². The predicted molar refractivity (Wildman–Crippen MR) is 66.2 cm³/mol. The Labute approximate surface area is 99.0 Å². The van der Waals surface area contributed by atoms with Gasteiger partial charge in [0.05, 0.1) is 5.60 Å². The van der Waals surface area contributed by atoms with Crippen molar-refractivity contribution in [2.24, 2.45) is 11.7 Å². The van der Waals surface area contributed by atoms with E-state index >= 15 is 0 Å². The molecule has 0 bridgehead atoms. The van der Waals surface area contributed by atoms with Gasteiger partial charge in [-0.2, -0.15) is 0 Å². The van der Waals surface area contributed by atoms with E-state index in [9.17, 15) is 5.11 Å². The first kappa shape index (κ1) is 12.3. The maximum Gasteiger partial charge on any atom is 0.0854 e. The Hall–Kier alpha value is -0.120. The molecule has 0 aromatic heterocycles. The maximum atomic E-state index is 11.0. The van der Waals surface area contributed by atoms with E-state index in [1.165, 1.54) is 19.4 Å². The number of nitrogens with two attached hydrogens (primary N) is 1. The molecule has 0 aliphatic carbocycles. The van der Waals surface area contributed by atoms with Crippen LogP contribution in [0.4, 0.5) is 0 Å². The molecule has 3 unspecified atom stereocenters. The number of hydrogen-bond donors (Lipinski definition) is 2. The summed E-state index contributed by atoms with van der Waals surface area (Å²) >= 11 is 0. The monoisotopic (exact) mass is 226 g/mol. The fourth-order valence-electron chi connectivity index (χ4n) is 3.71. The van der Waals surface area contributed by atoms with Crippen molar-refractivity contribution in [1.29, 1.82) is 0 Å². The van der Waals surface area contributed by atoms with Crippen LogP contribution in [0, 0.1) is 5.92 Å². The first-order chi connectivity index (χ1) is 7.72. The topological polar surface area (TPSA) is 49.5 Å². The summed E-state index contributed by atoms with van der Waals surface area (Å²) in [4.78, 5) is 2.49. The van der Waals surface area contributed by atoms with Gasteiger partial charge in [0.15, 0.2) is 0 Å². The van der Waals surface area contributed by atoms with Crippen LogP contribution < -0.4 is 5.73 Å². The molecule has 3 nitrogen and oxygen atoms in total. The number of fused-ring (bicyclic) bond motifs is 1. The average molecular weight is 226 g/mol. The van der Waals surface area contributed by atoms with Crippen LogP contribution in [0.2, 0.25) is 0 Å². The quantitative estimate of drug-likeness (QED) is 0.761.